The van der Waals surface area contributed by atoms with Gasteiger partial charge in [0.15, 0.2) is 11.3 Å². The number of rotatable bonds is 6. The predicted molar refractivity (Wildman–Crippen MR) is 130 cm³/mol. The lowest BCUT2D eigenvalue weighted by atomic mass is 9.70. The third-order valence-electron chi connectivity index (χ3n) is 6.66. The molecule has 4 atom stereocenters. The van der Waals surface area contributed by atoms with Gasteiger partial charge in [0.2, 0.25) is 0 Å². The first-order chi connectivity index (χ1) is 17.1. The van der Waals surface area contributed by atoms with Gasteiger partial charge in [-0.05, 0) is 23.3 Å². The van der Waals surface area contributed by atoms with Gasteiger partial charge in [-0.1, -0.05) is 78.9 Å². The average Bonchev–Trinajstić information content (AvgIpc) is 3.23. The minimum absolute atomic E-state index is 0.0404. The zero-order valence-corrected chi connectivity index (χ0v) is 19.2. The van der Waals surface area contributed by atoms with Crippen LogP contribution in [0.15, 0.2) is 102 Å². The molecule has 0 aliphatic carbocycles. The number of hydrazone groups is 1. The Kier molecular flexibility index (Phi) is 6.01. The molecule has 0 bridgehead atoms. The molecular weight excluding hydrogens is 442 g/mol. The number of nitrogens with zero attached hydrogens (tertiary/aromatic N) is 3. The summed E-state index contributed by atoms with van der Waals surface area (Å²) in [5.41, 5.74) is 0.505. The fourth-order valence-electron chi connectivity index (χ4n) is 5.03. The van der Waals surface area contributed by atoms with Crippen LogP contribution in [0.2, 0.25) is 0 Å². The van der Waals surface area contributed by atoms with Crippen LogP contribution in [0.5, 0.6) is 0 Å². The second kappa shape index (κ2) is 9.27. The first-order valence-electron chi connectivity index (χ1n) is 11.4. The fraction of sp³-hybridized carbons (Fsp3) is 0.214. The SMILES string of the molecule is COC(=O)C12C(O)C(C(=O)Cc3ccccn3)=NN1C(c1ccccc1)C=CC2c1ccccc1. The van der Waals surface area contributed by atoms with Crippen LogP contribution in [0.1, 0.15) is 28.8 Å². The van der Waals surface area contributed by atoms with E-state index in [2.05, 4.69) is 10.1 Å². The van der Waals surface area contributed by atoms with Crippen molar-refractivity contribution in [2.45, 2.75) is 30.0 Å². The molecule has 3 aromatic rings. The summed E-state index contributed by atoms with van der Waals surface area (Å²) >= 11 is 0. The van der Waals surface area contributed by atoms with E-state index in [0.717, 1.165) is 11.1 Å². The fourth-order valence-corrected chi connectivity index (χ4v) is 5.03. The molecule has 0 saturated heterocycles. The molecule has 7 nitrogen and oxygen atoms in total. The number of pyridine rings is 1. The first kappa shape index (κ1) is 22.7. The van der Waals surface area contributed by atoms with E-state index in [4.69, 9.17) is 4.74 Å². The second-order valence-electron chi connectivity index (χ2n) is 8.60. The van der Waals surface area contributed by atoms with Crippen molar-refractivity contribution in [3.63, 3.8) is 0 Å². The summed E-state index contributed by atoms with van der Waals surface area (Å²) in [6.45, 7) is 0. The predicted octanol–water partition coefficient (Wildman–Crippen LogP) is 3.23. The molecule has 0 spiro atoms. The lowest BCUT2D eigenvalue weighted by molar-refractivity contribution is -0.163. The van der Waals surface area contributed by atoms with E-state index in [1.54, 1.807) is 29.4 Å². The van der Waals surface area contributed by atoms with Crippen molar-refractivity contribution >= 4 is 17.5 Å². The van der Waals surface area contributed by atoms with Gasteiger partial charge in [-0.25, -0.2) is 4.79 Å². The standard InChI is InChI=1S/C28H25N3O4/c1-35-27(34)28-22(19-10-4-2-5-11-19)15-16-23(20-12-6-3-7-13-20)31(28)30-25(26(28)33)24(32)18-21-14-8-9-17-29-21/h2-17,22-23,26,33H,18H2,1H3. The molecule has 35 heavy (non-hydrogen) atoms. The quantitative estimate of drug-likeness (QED) is 0.442. The number of fused-ring (bicyclic) bond motifs is 1. The number of benzene rings is 2. The van der Waals surface area contributed by atoms with Crippen molar-refractivity contribution in [1.82, 2.24) is 9.99 Å². The minimum atomic E-state index is -1.65. The van der Waals surface area contributed by atoms with Gasteiger partial charge >= 0.3 is 5.97 Å². The number of hydrogen-bond donors (Lipinski definition) is 1. The molecule has 2 aliphatic heterocycles. The normalized spacial score (nSPS) is 25.0. The Balaban J connectivity index is 1.66. The highest BCUT2D eigenvalue weighted by Gasteiger charge is 2.65. The van der Waals surface area contributed by atoms with E-state index in [1.165, 1.54) is 7.11 Å². The van der Waals surface area contributed by atoms with Crippen molar-refractivity contribution in [3.8, 4) is 0 Å². The summed E-state index contributed by atoms with van der Waals surface area (Å²) in [6.07, 6.45) is 3.92. The van der Waals surface area contributed by atoms with Gasteiger partial charge in [0.05, 0.1) is 19.6 Å². The molecule has 176 valence electrons. The van der Waals surface area contributed by atoms with Gasteiger partial charge in [0, 0.05) is 17.8 Å². The van der Waals surface area contributed by atoms with Gasteiger partial charge in [-0.3, -0.25) is 14.8 Å². The lowest BCUT2D eigenvalue weighted by Crippen LogP contribution is -2.64. The number of aromatic nitrogens is 1. The lowest BCUT2D eigenvalue weighted by Gasteiger charge is -2.47. The van der Waals surface area contributed by atoms with Crippen LogP contribution in [0.3, 0.4) is 0 Å². The molecule has 4 unspecified atom stereocenters. The summed E-state index contributed by atoms with van der Waals surface area (Å²) in [5.74, 6) is -1.66. The summed E-state index contributed by atoms with van der Waals surface area (Å²) in [6, 6.07) is 23.8. The van der Waals surface area contributed by atoms with Crippen molar-refractivity contribution in [3.05, 3.63) is 114 Å². The van der Waals surface area contributed by atoms with Crippen molar-refractivity contribution in [2.24, 2.45) is 5.10 Å². The zero-order chi connectivity index (χ0) is 24.4. The van der Waals surface area contributed by atoms with Crippen molar-refractivity contribution in [2.75, 3.05) is 7.11 Å². The van der Waals surface area contributed by atoms with Crippen molar-refractivity contribution < 1.29 is 19.4 Å². The van der Waals surface area contributed by atoms with E-state index < -0.39 is 35.4 Å². The number of methoxy groups -OCH3 is 1. The third kappa shape index (κ3) is 3.74. The Morgan fingerprint density at radius 2 is 1.60 bits per heavy atom. The van der Waals surface area contributed by atoms with Crippen LogP contribution in [-0.4, -0.2) is 51.3 Å². The Bertz CT molecular complexity index is 1280. The number of ketones is 1. The van der Waals surface area contributed by atoms with Crippen LogP contribution < -0.4 is 0 Å². The molecule has 0 radical (unpaired) electrons. The molecule has 2 aliphatic rings. The van der Waals surface area contributed by atoms with Gasteiger partial charge in [-0.2, -0.15) is 5.10 Å². The maximum Gasteiger partial charge on any atom is 0.337 e. The van der Waals surface area contributed by atoms with E-state index in [0.29, 0.717) is 5.69 Å². The smallest absolute Gasteiger partial charge is 0.337 e. The highest BCUT2D eigenvalue weighted by atomic mass is 16.5. The summed E-state index contributed by atoms with van der Waals surface area (Å²) < 4.78 is 5.28. The summed E-state index contributed by atoms with van der Waals surface area (Å²) in [5, 5.41) is 17.9. The van der Waals surface area contributed by atoms with Gasteiger partial charge in [0.1, 0.15) is 11.8 Å². The third-order valence-corrected chi connectivity index (χ3v) is 6.66. The Morgan fingerprint density at radius 3 is 2.23 bits per heavy atom. The topological polar surface area (TPSA) is 92.1 Å². The molecule has 2 aromatic carbocycles. The molecule has 3 heterocycles. The molecule has 0 fully saturated rings. The molecule has 5 rings (SSSR count). The molecule has 0 amide bonds. The van der Waals surface area contributed by atoms with Crippen LogP contribution in [0.4, 0.5) is 0 Å². The monoisotopic (exact) mass is 467 g/mol. The van der Waals surface area contributed by atoms with Gasteiger partial charge in [0.25, 0.3) is 0 Å². The van der Waals surface area contributed by atoms with E-state index in [9.17, 15) is 14.7 Å². The highest BCUT2D eigenvalue weighted by Crippen LogP contribution is 2.50. The van der Waals surface area contributed by atoms with E-state index in [-0.39, 0.29) is 12.1 Å². The number of ether oxygens (including phenoxy) is 1. The number of Topliss-reactive ketones (excluding diaryl/α,β-unsaturated/α-hetero) is 1. The summed E-state index contributed by atoms with van der Waals surface area (Å²) in [4.78, 5) is 31.2. The number of carbonyl (C=O) groups is 2. The van der Waals surface area contributed by atoms with E-state index >= 15 is 0 Å². The molecule has 1 N–H and O–H groups in total. The number of hydrogen-bond acceptors (Lipinski definition) is 7. The molecule has 7 heteroatoms. The average molecular weight is 468 g/mol. The zero-order valence-electron chi connectivity index (χ0n) is 19.2. The van der Waals surface area contributed by atoms with Gasteiger partial charge < -0.3 is 9.84 Å². The van der Waals surface area contributed by atoms with Crippen LogP contribution in [0.25, 0.3) is 0 Å². The Labute approximate surface area is 203 Å². The van der Waals surface area contributed by atoms with E-state index in [1.807, 2.05) is 72.8 Å². The maximum absolute atomic E-state index is 13.6. The number of carbonyl (C=O) groups excluding carboxylic acids is 2. The van der Waals surface area contributed by atoms with Gasteiger partial charge in [-0.15, -0.1) is 0 Å². The van der Waals surface area contributed by atoms with Crippen LogP contribution in [0, 0.1) is 0 Å². The summed E-state index contributed by atoms with van der Waals surface area (Å²) in [7, 11) is 1.29. The molecule has 1 aromatic heterocycles. The highest BCUT2D eigenvalue weighted by molar-refractivity contribution is 6.43. The molecule has 0 saturated carbocycles. The minimum Gasteiger partial charge on any atom is -0.467 e. The largest absolute Gasteiger partial charge is 0.467 e. The maximum atomic E-state index is 13.6. The number of aliphatic hydroxyl groups is 1. The van der Waals surface area contributed by atoms with Crippen molar-refractivity contribution in [1.29, 1.82) is 0 Å². The number of esters is 1. The second-order valence-corrected chi connectivity index (χ2v) is 8.60. The van der Waals surface area contributed by atoms with Crippen LogP contribution in [-0.2, 0) is 20.7 Å². The molecular formula is C28H25N3O4. The first-order valence-corrected chi connectivity index (χ1v) is 11.4. The Morgan fingerprint density at radius 1 is 0.943 bits per heavy atom. The van der Waals surface area contributed by atoms with Crippen LogP contribution >= 0.6 is 0 Å². The number of aliphatic hydroxyl groups excluding tert-OH is 1. The Hall–Kier alpha value is -4.10.